The van der Waals surface area contributed by atoms with Crippen LogP contribution in [-0.4, -0.2) is 33.6 Å². The Morgan fingerprint density at radius 2 is 1.97 bits per heavy atom. The highest BCUT2D eigenvalue weighted by atomic mass is 16.5. The van der Waals surface area contributed by atoms with Gasteiger partial charge in [0.25, 0.3) is 5.91 Å². The Balaban J connectivity index is 1.46. The van der Waals surface area contributed by atoms with Crippen LogP contribution in [0.4, 0.5) is 5.69 Å². The van der Waals surface area contributed by atoms with E-state index in [1.54, 1.807) is 54.4 Å². The minimum absolute atomic E-state index is 0.144. The van der Waals surface area contributed by atoms with Crippen molar-refractivity contribution in [1.29, 1.82) is 0 Å². The van der Waals surface area contributed by atoms with Crippen LogP contribution in [-0.2, 0) is 6.54 Å². The summed E-state index contributed by atoms with van der Waals surface area (Å²) >= 11 is 0. The second kappa shape index (κ2) is 8.08. The highest BCUT2D eigenvalue weighted by Gasteiger charge is 2.19. The number of carbonyl (C=O) groups excluding carboxylic acids is 2. The highest BCUT2D eigenvalue weighted by molar-refractivity contribution is 6.06. The smallest absolute Gasteiger partial charge is 0.278 e. The summed E-state index contributed by atoms with van der Waals surface area (Å²) in [6.07, 6.45) is 4.39. The lowest BCUT2D eigenvalue weighted by molar-refractivity contribution is 0.0983. The van der Waals surface area contributed by atoms with Crippen LogP contribution in [0.3, 0.4) is 0 Å². The molecule has 30 heavy (non-hydrogen) atoms. The number of ether oxygens (including phenoxy) is 1. The SMILES string of the molecule is COc1ccc(-c2ocnc2C(=O)Nc2cnn(Cc3ccc(C(C)=O)o3)c2)cc1. The summed E-state index contributed by atoms with van der Waals surface area (Å²) in [5.74, 6) is 1.36. The number of benzene rings is 1. The number of nitrogens with one attached hydrogen (secondary N) is 1. The van der Waals surface area contributed by atoms with Crippen molar-refractivity contribution in [2.45, 2.75) is 13.5 Å². The van der Waals surface area contributed by atoms with E-state index in [0.717, 1.165) is 0 Å². The third-order valence-electron chi connectivity index (χ3n) is 4.35. The largest absolute Gasteiger partial charge is 0.497 e. The lowest BCUT2D eigenvalue weighted by Crippen LogP contribution is -2.13. The van der Waals surface area contributed by atoms with Crippen LogP contribution in [0.5, 0.6) is 5.75 Å². The molecule has 3 heterocycles. The van der Waals surface area contributed by atoms with Crippen LogP contribution in [0, 0.1) is 0 Å². The van der Waals surface area contributed by atoms with Crippen LogP contribution in [0.1, 0.15) is 33.7 Å². The lowest BCUT2D eigenvalue weighted by atomic mass is 10.1. The maximum atomic E-state index is 12.7. The molecule has 1 N–H and O–H groups in total. The van der Waals surface area contributed by atoms with E-state index in [1.807, 2.05) is 0 Å². The summed E-state index contributed by atoms with van der Waals surface area (Å²) in [6, 6.07) is 10.5. The van der Waals surface area contributed by atoms with Gasteiger partial charge in [0.2, 0.25) is 0 Å². The average molecular weight is 406 g/mol. The molecule has 0 bridgehead atoms. The Kier molecular flexibility index (Phi) is 5.17. The van der Waals surface area contributed by atoms with Gasteiger partial charge >= 0.3 is 0 Å². The van der Waals surface area contributed by atoms with E-state index in [1.165, 1.54) is 19.5 Å². The third-order valence-corrected chi connectivity index (χ3v) is 4.35. The Morgan fingerprint density at radius 3 is 2.67 bits per heavy atom. The number of anilines is 1. The second-order valence-corrected chi connectivity index (χ2v) is 6.46. The van der Waals surface area contributed by atoms with Crippen molar-refractivity contribution in [2.75, 3.05) is 12.4 Å². The summed E-state index contributed by atoms with van der Waals surface area (Å²) in [6.45, 7) is 1.76. The van der Waals surface area contributed by atoms with Gasteiger partial charge in [0, 0.05) is 18.7 Å². The predicted molar refractivity (Wildman–Crippen MR) is 106 cm³/mol. The van der Waals surface area contributed by atoms with Crippen LogP contribution >= 0.6 is 0 Å². The van der Waals surface area contributed by atoms with Crippen molar-refractivity contribution >= 4 is 17.4 Å². The molecule has 9 nitrogen and oxygen atoms in total. The molecule has 0 unspecified atom stereocenters. The Hall–Kier alpha value is -4.14. The standard InChI is InChI=1S/C21H18N4O5/c1-13(26)18-8-7-17(30-18)11-25-10-15(9-23-25)24-21(27)19-20(29-12-22-19)14-3-5-16(28-2)6-4-14/h3-10,12H,11H2,1-2H3,(H,24,27). The third kappa shape index (κ3) is 4.00. The number of carbonyl (C=O) groups is 2. The zero-order valence-electron chi connectivity index (χ0n) is 16.3. The summed E-state index contributed by atoms with van der Waals surface area (Å²) in [7, 11) is 1.58. The zero-order chi connectivity index (χ0) is 21.1. The monoisotopic (exact) mass is 406 g/mol. The van der Waals surface area contributed by atoms with Gasteiger partial charge in [-0.25, -0.2) is 4.98 Å². The summed E-state index contributed by atoms with van der Waals surface area (Å²) in [5.41, 5.74) is 1.35. The van der Waals surface area contributed by atoms with Gasteiger partial charge in [-0.2, -0.15) is 5.10 Å². The molecular weight excluding hydrogens is 388 g/mol. The molecule has 0 fully saturated rings. The molecule has 0 atom stereocenters. The number of furan rings is 1. The fourth-order valence-corrected chi connectivity index (χ4v) is 2.87. The van der Waals surface area contributed by atoms with Crippen molar-refractivity contribution in [1.82, 2.24) is 14.8 Å². The zero-order valence-corrected chi connectivity index (χ0v) is 16.3. The Morgan fingerprint density at radius 1 is 1.17 bits per heavy atom. The molecule has 0 aliphatic carbocycles. The van der Waals surface area contributed by atoms with Gasteiger partial charge < -0.3 is 18.9 Å². The summed E-state index contributed by atoms with van der Waals surface area (Å²) in [5, 5.41) is 6.95. The minimum Gasteiger partial charge on any atom is -0.497 e. The van der Waals surface area contributed by atoms with Crippen molar-refractivity contribution in [3.63, 3.8) is 0 Å². The molecule has 0 spiro atoms. The van der Waals surface area contributed by atoms with Gasteiger partial charge in [-0.05, 0) is 36.4 Å². The molecule has 0 aliphatic rings. The molecule has 0 saturated carbocycles. The fraction of sp³-hybridized carbons (Fsp3) is 0.143. The van der Waals surface area contributed by atoms with Crippen molar-refractivity contribution in [2.24, 2.45) is 0 Å². The normalized spacial score (nSPS) is 10.7. The first-order valence-electron chi connectivity index (χ1n) is 9.05. The molecule has 0 radical (unpaired) electrons. The van der Waals surface area contributed by atoms with Crippen molar-refractivity contribution in [3.8, 4) is 17.1 Å². The topological polar surface area (TPSA) is 112 Å². The first-order chi connectivity index (χ1) is 14.5. The van der Waals surface area contributed by atoms with Crippen LogP contribution in [0.15, 0.2) is 64.0 Å². The number of hydrogen-bond donors (Lipinski definition) is 1. The van der Waals surface area contributed by atoms with E-state index in [9.17, 15) is 9.59 Å². The maximum absolute atomic E-state index is 12.7. The van der Waals surface area contributed by atoms with E-state index < -0.39 is 5.91 Å². The fourth-order valence-electron chi connectivity index (χ4n) is 2.87. The second-order valence-electron chi connectivity index (χ2n) is 6.46. The van der Waals surface area contributed by atoms with Gasteiger partial charge in [-0.1, -0.05) is 0 Å². The van der Waals surface area contributed by atoms with E-state index in [2.05, 4.69) is 15.4 Å². The quantitative estimate of drug-likeness (QED) is 0.466. The predicted octanol–water partition coefficient (Wildman–Crippen LogP) is 3.64. The van der Waals surface area contributed by atoms with Crippen LogP contribution in [0.25, 0.3) is 11.3 Å². The Bertz CT molecular complexity index is 1190. The molecule has 0 saturated heterocycles. The highest BCUT2D eigenvalue weighted by Crippen LogP contribution is 2.26. The number of nitrogens with zero attached hydrogens (tertiary/aromatic N) is 3. The molecule has 0 aliphatic heterocycles. The summed E-state index contributed by atoms with van der Waals surface area (Å²) in [4.78, 5) is 28.1. The van der Waals surface area contributed by atoms with E-state index in [-0.39, 0.29) is 11.5 Å². The van der Waals surface area contributed by atoms with E-state index >= 15 is 0 Å². The molecule has 1 amide bonds. The number of aromatic nitrogens is 3. The van der Waals surface area contributed by atoms with Gasteiger partial charge in [0.15, 0.2) is 29.4 Å². The molecule has 152 valence electrons. The molecule has 1 aromatic carbocycles. The van der Waals surface area contributed by atoms with E-state index in [4.69, 9.17) is 13.6 Å². The number of amides is 1. The minimum atomic E-state index is -0.425. The number of rotatable bonds is 7. The number of methoxy groups -OCH3 is 1. The van der Waals surface area contributed by atoms with E-state index in [0.29, 0.717) is 40.8 Å². The first-order valence-corrected chi connectivity index (χ1v) is 9.05. The maximum Gasteiger partial charge on any atom is 0.278 e. The molecule has 4 aromatic rings. The number of hydrogen-bond acceptors (Lipinski definition) is 7. The van der Waals surface area contributed by atoms with Gasteiger partial charge in [-0.3, -0.25) is 14.3 Å². The van der Waals surface area contributed by atoms with Crippen molar-refractivity contribution in [3.05, 3.63) is 72.4 Å². The average Bonchev–Trinajstić information content (AvgIpc) is 3.49. The molecule has 9 heteroatoms. The van der Waals surface area contributed by atoms with Gasteiger partial charge in [-0.15, -0.1) is 0 Å². The number of Topliss-reactive ketones (excluding diaryl/α,β-unsaturated/α-hetero) is 1. The lowest BCUT2D eigenvalue weighted by Gasteiger charge is -2.04. The number of oxazole rings is 1. The molecule has 4 rings (SSSR count). The van der Waals surface area contributed by atoms with Crippen LogP contribution < -0.4 is 10.1 Å². The first kappa shape index (κ1) is 19.2. The summed E-state index contributed by atoms with van der Waals surface area (Å²) < 4.78 is 17.6. The van der Waals surface area contributed by atoms with Crippen LogP contribution in [0.2, 0.25) is 0 Å². The number of ketones is 1. The van der Waals surface area contributed by atoms with Crippen molar-refractivity contribution < 1.29 is 23.2 Å². The van der Waals surface area contributed by atoms with Gasteiger partial charge in [0.05, 0.1) is 25.5 Å². The molecular formula is C21H18N4O5. The molecule has 3 aromatic heterocycles. The van der Waals surface area contributed by atoms with Gasteiger partial charge in [0.1, 0.15) is 11.5 Å². The Labute approximate surface area is 171 Å².